The van der Waals surface area contributed by atoms with Gasteiger partial charge >= 0.3 is 0 Å². The summed E-state index contributed by atoms with van der Waals surface area (Å²) < 4.78 is 0. The third-order valence-electron chi connectivity index (χ3n) is 3.68. The summed E-state index contributed by atoms with van der Waals surface area (Å²) in [4.78, 5) is 18.2. The molecule has 0 saturated carbocycles. The molecular formula is C14H21N3O. The molecule has 4 heteroatoms. The zero-order valence-electron chi connectivity index (χ0n) is 10.9. The Kier molecular flexibility index (Phi) is 4.18. The van der Waals surface area contributed by atoms with Crippen LogP contribution in [0.1, 0.15) is 43.0 Å². The van der Waals surface area contributed by atoms with Crippen molar-refractivity contribution in [2.24, 2.45) is 5.92 Å². The minimum atomic E-state index is 0.0237. The predicted molar refractivity (Wildman–Crippen MR) is 72.2 cm³/mol. The van der Waals surface area contributed by atoms with E-state index >= 15 is 0 Å². The summed E-state index contributed by atoms with van der Waals surface area (Å²) >= 11 is 0. The van der Waals surface area contributed by atoms with Crippen LogP contribution in [0.2, 0.25) is 0 Å². The second kappa shape index (κ2) is 5.85. The van der Waals surface area contributed by atoms with E-state index in [0.717, 1.165) is 31.8 Å². The molecule has 4 nitrogen and oxygen atoms in total. The average Bonchev–Trinajstić information content (AvgIpc) is 2.40. The van der Waals surface area contributed by atoms with Crippen LogP contribution in [0.25, 0.3) is 0 Å². The van der Waals surface area contributed by atoms with Gasteiger partial charge in [-0.1, -0.05) is 19.8 Å². The van der Waals surface area contributed by atoms with Crippen LogP contribution in [-0.2, 0) is 0 Å². The van der Waals surface area contributed by atoms with Gasteiger partial charge in [-0.15, -0.1) is 0 Å². The normalized spacial score (nSPS) is 16.8. The minimum Gasteiger partial charge on any atom is -0.398 e. The summed E-state index contributed by atoms with van der Waals surface area (Å²) in [5.74, 6) is 0.806. The zero-order valence-corrected chi connectivity index (χ0v) is 10.9. The summed E-state index contributed by atoms with van der Waals surface area (Å²) in [6.45, 7) is 3.91. The lowest BCUT2D eigenvalue weighted by Crippen LogP contribution is -2.38. The third kappa shape index (κ3) is 2.81. The van der Waals surface area contributed by atoms with E-state index in [9.17, 15) is 4.79 Å². The number of aromatic nitrogens is 1. The maximum Gasteiger partial charge on any atom is 0.257 e. The predicted octanol–water partition coefficient (Wildman–Crippen LogP) is 2.32. The summed E-state index contributed by atoms with van der Waals surface area (Å²) in [6.07, 6.45) is 7.90. The summed E-state index contributed by atoms with van der Waals surface area (Å²) in [5.41, 5.74) is 6.87. The van der Waals surface area contributed by atoms with E-state index in [4.69, 9.17) is 5.73 Å². The van der Waals surface area contributed by atoms with Gasteiger partial charge in [-0.3, -0.25) is 9.78 Å². The molecule has 1 saturated heterocycles. The maximum atomic E-state index is 12.3. The third-order valence-corrected chi connectivity index (χ3v) is 3.68. The average molecular weight is 247 g/mol. The van der Waals surface area contributed by atoms with Gasteiger partial charge in [0, 0.05) is 31.2 Å². The molecule has 1 amide bonds. The first-order chi connectivity index (χ1) is 8.72. The number of piperidine rings is 1. The van der Waals surface area contributed by atoms with Crippen molar-refractivity contribution < 1.29 is 4.79 Å². The molecule has 0 aromatic carbocycles. The molecule has 18 heavy (non-hydrogen) atoms. The molecule has 0 radical (unpaired) electrons. The fourth-order valence-corrected chi connectivity index (χ4v) is 2.59. The van der Waals surface area contributed by atoms with Gasteiger partial charge in [0.25, 0.3) is 5.91 Å². The zero-order chi connectivity index (χ0) is 13.0. The quantitative estimate of drug-likeness (QED) is 0.891. The minimum absolute atomic E-state index is 0.0237. The number of likely N-dealkylation sites (tertiary alicyclic amines) is 1. The molecule has 0 aliphatic carbocycles. The second-order valence-electron chi connectivity index (χ2n) is 4.99. The smallest absolute Gasteiger partial charge is 0.257 e. The van der Waals surface area contributed by atoms with Gasteiger partial charge in [-0.2, -0.15) is 0 Å². The van der Waals surface area contributed by atoms with Crippen molar-refractivity contribution in [3.63, 3.8) is 0 Å². The molecule has 1 aromatic heterocycles. The van der Waals surface area contributed by atoms with Gasteiger partial charge < -0.3 is 10.6 Å². The number of carbonyl (C=O) groups excluding carboxylic acids is 1. The second-order valence-corrected chi connectivity index (χ2v) is 4.99. The monoisotopic (exact) mass is 247 g/mol. The Morgan fingerprint density at radius 2 is 2.22 bits per heavy atom. The number of anilines is 1. The van der Waals surface area contributed by atoms with E-state index in [1.54, 1.807) is 18.5 Å². The molecule has 1 aromatic rings. The fourth-order valence-electron chi connectivity index (χ4n) is 2.59. The van der Waals surface area contributed by atoms with E-state index in [-0.39, 0.29) is 5.91 Å². The molecule has 2 N–H and O–H groups in total. The van der Waals surface area contributed by atoms with Crippen LogP contribution in [0.5, 0.6) is 0 Å². The first kappa shape index (κ1) is 12.9. The summed E-state index contributed by atoms with van der Waals surface area (Å²) in [7, 11) is 0. The highest BCUT2D eigenvalue weighted by molar-refractivity contribution is 5.98. The molecule has 0 atom stereocenters. The van der Waals surface area contributed by atoms with E-state index in [2.05, 4.69) is 11.9 Å². The van der Waals surface area contributed by atoms with Gasteiger partial charge in [0.05, 0.1) is 5.56 Å². The summed E-state index contributed by atoms with van der Waals surface area (Å²) in [5, 5.41) is 0. The molecule has 0 spiro atoms. The number of pyridine rings is 1. The SMILES string of the molecule is CCCC1CCN(C(=O)c2cnccc2N)CC1. The van der Waals surface area contributed by atoms with Crippen molar-refractivity contribution in [1.29, 1.82) is 0 Å². The maximum absolute atomic E-state index is 12.3. The van der Waals surface area contributed by atoms with E-state index in [0.29, 0.717) is 11.3 Å². The van der Waals surface area contributed by atoms with Crippen LogP contribution in [-0.4, -0.2) is 28.9 Å². The molecule has 1 aliphatic heterocycles. The number of nitrogens with two attached hydrogens (primary N) is 1. The fraction of sp³-hybridized carbons (Fsp3) is 0.571. The van der Waals surface area contributed by atoms with Crippen molar-refractivity contribution in [3.8, 4) is 0 Å². The van der Waals surface area contributed by atoms with E-state index in [1.807, 2.05) is 4.90 Å². The molecule has 0 bridgehead atoms. The van der Waals surface area contributed by atoms with Crippen LogP contribution >= 0.6 is 0 Å². The Bertz CT molecular complexity index is 411. The Morgan fingerprint density at radius 1 is 1.50 bits per heavy atom. The number of hydrogen-bond acceptors (Lipinski definition) is 3. The Hall–Kier alpha value is -1.58. The number of amides is 1. The lowest BCUT2D eigenvalue weighted by atomic mass is 9.92. The van der Waals surface area contributed by atoms with Crippen LogP contribution in [0.3, 0.4) is 0 Å². The highest BCUT2D eigenvalue weighted by atomic mass is 16.2. The van der Waals surface area contributed by atoms with Gasteiger partial charge in [-0.05, 0) is 24.8 Å². The molecule has 98 valence electrons. The van der Waals surface area contributed by atoms with E-state index in [1.165, 1.54) is 12.8 Å². The van der Waals surface area contributed by atoms with E-state index < -0.39 is 0 Å². The number of nitrogen functional groups attached to an aromatic ring is 1. The first-order valence-corrected chi connectivity index (χ1v) is 6.71. The number of carbonyl (C=O) groups is 1. The molecule has 2 heterocycles. The van der Waals surface area contributed by atoms with Crippen LogP contribution in [0.15, 0.2) is 18.5 Å². The van der Waals surface area contributed by atoms with Gasteiger partial charge in [-0.25, -0.2) is 0 Å². The lowest BCUT2D eigenvalue weighted by Gasteiger charge is -2.32. The van der Waals surface area contributed by atoms with Gasteiger partial charge in [0.15, 0.2) is 0 Å². The van der Waals surface area contributed by atoms with Gasteiger partial charge in [0.2, 0.25) is 0 Å². The van der Waals surface area contributed by atoms with Crippen molar-refractivity contribution in [2.75, 3.05) is 18.8 Å². The highest BCUT2D eigenvalue weighted by Gasteiger charge is 2.24. The first-order valence-electron chi connectivity index (χ1n) is 6.71. The number of rotatable bonds is 3. The van der Waals surface area contributed by atoms with Crippen molar-refractivity contribution in [2.45, 2.75) is 32.6 Å². The van der Waals surface area contributed by atoms with Crippen molar-refractivity contribution in [1.82, 2.24) is 9.88 Å². The van der Waals surface area contributed by atoms with Crippen molar-refractivity contribution >= 4 is 11.6 Å². The Labute approximate surface area is 108 Å². The van der Waals surface area contributed by atoms with Crippen molar-refractivity contribution in [3.05, 3.63) is 24.0 Å². The topological polar surface area (TPSA) is 59.2 Å². The molecule has 1 aliphatic rings. The van der Waals surface area contributed by atoms with Crippen LogP contribution in [0, 0.1) is 5.92 Å². The standard InChI is InChI=1S/C14H21N3O/c1-2-3-11-5-8-17(9-6-11)14(18)12-10-16-7-4-13(12)15/h4,7,10-11H,2-3,5-6,8-9H2,1H3,(H2,15,16). The molecule has 1 fully saturated rings. The summed E-state index contributed by atoms with van der Waals surface area (Å²) in [6, 6.07) is 1.68. The largest absolute Gasteiger partial charge is 0.398 e. The lowest BCUT2D eigenvalue weighted by molar-refractivity contribution is 0.0687. The Morgan fingerprint density at radius 3 is 2.83 bits per heavy atom. The molecule has 2 rings (SSSR count). The van der Waals surface area contributed by atoms with Crippen LogP contribution in [0.4, 0.5) is 5.69 Å². The molecule has 0 unspecified atom stereocenters. The number of nitrogens with zero attached hydrogens (tertiary/aromatic N) is 2. The highest BCUT2D eigenvalue weighted by Crippen LogP contribution is 2.23. The number of hydrogen-bond donors (Lipinski definition) is 1. The Balaban J connectivity index is 1.98. The van der Waals surface area contributed by atoms with Crippen LogP contribution < -0.4 is 5.73 Å². The molecular weight excluding hydrogens is 226 g/mol. The van der Waals surface area contributed by atoms with Gasteiger partial charge in [0.1, 0.15) is 0 Å².